The molecule has 0 atom stereocenters. The van der Waals surface area contributed by atoms with E-state index in [0.29, 0.717) is 37.6 Å². The Morgan fingerprint density at radius 3 is 2.73 bits per heavy atom. The molecule has 2 rings (SSSR count). The number of benzene rings is 1. The predicted molar refractivity (Wildman–Crippen MR) is 85.7 cm³/mol. The van der Waals surface area contributed by atoms with Gasteiger partial charge in [0.1, 0.15) is 11.6 Å². The molecule has 0 bridgehead atoms. The first-order valence-corrected chi connectivity index (χ1v) is 7.25. The predicted octanol–water partition coefficient (Wildman–Crippen LogP) is 2.64. The van der Waals surface area contributed by atoms with E-state index in [1.54, 1.807) is 19.2 Å². The van der Waals surface area contributed by atoms with Gasteiger partial charge >= 0.3 is 0 Å². The molecule has 5 nitrogen and oxygen atoms in total. The van der Waals surface area contributed by atoms with Crippen LogP contribution in [0.15, 0.2) is 30.3 Å². The molecule has 0 amide bonds. The minimum Gasteiger partial charge on any atom is -0.383 e. The van der Waals surface area contributed by atoms with Gasteiger partial charge < -0.3 is 15.4 Å². The smallest absolute Gasteiger partial charge is 0.224 e. The van der Waals surface area contributed by atoms with Crippen molar-refractivity contribution in [1.29, 1.82) is 0 Å². The molecule has 0 radical (unpaired) electrons. The minimum atomic E-state index is -0.176. The number of hydrogen-bond acceptors (Lipinski definition) is 5. The number of nitrogens with zero attached hydrogens (tertiary/aromatic N) is 2. The number of aryl methyl sites for hydroxylation is 1. The van der Waals surface area contributed by atoms with Crippen molar-refractivity contribution in [1.82, 2.24) is 9.97 Å². The van der Waals surface area contributed by atoms with Gasteiger partial charge in [-0.1, -0.05) is 18.2 Å². The van der Waals surface area contributed by atoms with E-state index in [1.165, 1.54) is 6.07 Å². The SMILES string of the molecule is COCCNc1nc(C)cc(NCCc2ccccc2F)n1. The number of anilines is 2. The van der Waals surface area contributed by atoms with Crippen molar-refractivity contribution < 1.29 is 9.13 Å². The Morgan fingerprint density at radius 2 is 1.95 bits per heavy atom. The summed E-state index contributed by atoms with van der Waals surface area (Å²) in [6.07, 6.45) is 0.599. The van der Waals surface area contributed by atoms with E-state index in [1.807, 2.05) is 19.1 Å². The molecule has 0 aliphatic heterocycles. The molecule has 22 heavy (non-hydrogen) atoms. The summed E-state index contributed by atoms with van der Waals surface area (Å²) in [6, 6.07) is 8.66. The van der Waals surface area contributed by atoms with Crippen molar-refractivity contribution in [3.63, 3.8) is 0 Å². The number of rotatable bonds is 8. The number of halogens is 1. The summed E-state index contributed by atoms with van der Waals surface area (Å²) >= 11 is 0. The van der Waals surface area contributed by atoms with Crippen LogP contribution in [0.3, 0.4) is 0 Å². The van der Waals surface area contributed by atoms with Crippen LogP contribution in [0.25, 0.3) is 0 Å². The number of aromatic nitrogens is 2. The molecular weight excluding hydrogens is 283 g/mol. The fourth-order valence-corrected chi connectivity index (χ4v) is 2.03. The average molecular weight is 304 g/mol. The number of nitrogens with one attached hydrogen (secondary N) is 2. The third-order valence-corrected chi connectivity index (χ3v) is 3.10. The van der Waals surface area contributed by atoms with Crippen molar-refractivity contribution in [2.45, 2.75) is 13.3 Å². The first-order chi connectivity index (χ1) is 10.7. The van der Waals surface area contributed by atoms with E-state index in [0.717, 1.165) is 11.5 Å². The van der Waals surface area contributed by atoms with Gasteiger partial charge in [-0.15, -0.1) is 0 Å². The van der Waals surface area contributed by atoms with Crippen LogP contribution in [0.1, 0.15) is 11.3 Å². The summed E-state index contributed by atoms with van der Waals surface area (Å²) in [7, 11) is 1.65. The summed E-state index contributed by atoms with van der Waals surface area (Å²) in [6.45, 7) is 3.75. The molecule has 2 N–H and O–H groups in total. The van der Waals surface area contributed by atoms with Crippen LogP contribution in [-0.2, 0) is 11.2 Å². The lowest BCUT2D eigenvalue weighted by atomic mass is 10.1. The first-order valence-electron chi connectivity index (χ1n) is 7.25. The van der Waals surface area contributed by atoms with Gasteiger partial charge in [-0.25, -0.2) is 9.37 Å². The van der Waals surface area contributed by atoms with Crippen LogP contribution in [0.4, 0.5) is 16.2 Å². The third kappa shape index (κ3) is 4.96. The van der Waals surface area contributed by atoms with Crippen LogP contribution in [0.2, 0.25) is 0 Å². The normalized spacial score (nSPS) is 10.5. The van der Waals surface area contributed by atoms with Gasteiger partial charge in [-0.3, -0.25) is 0 Å². The number of ether oxygens (including phenoxy) is 1. The van der Waals surface area contributed by atoms with Crippen molar-refractivity contribution in [3.05, 3.63) is 47.4 Å². The summed E-state index contributed by atoms with van der Waals surface area (Å²) in [4.78, 5) is 8.68. The average Bonchev–Trinajstić information content (AvgIpc) is 2.49. The monoisotopic (exact) mass is 304 g/mol. The molecular formula is C16H21FN4O. The Labute approximate surface area is 129 Å². The highest BCUT2D eigenvalue weighted by Gasteiger charge is 2.03. The summed E-state index contributed by atoms with van der Waals surface area (Å²) in [5.41, 5.74) is 1.56. The lowest BCUT2D eigenvalue weighted by Crippen LogP contribution is -2.13. The summed E-state index contributed by atoms with van der Waals surface area (Å²) in [5, 5.41) is 6.30. The Bertz CT molecular complexity index is 606. The Morgan fingerprint density at radius 1 is 1.14 bits per heavy atom. The highest BCUT2D eigenvalue weighted by molar-refractivity contribution is 5.42. The van der Waals surface area contributed by atoms with Gasteiger partial charge in [-0.05, 0) is 25.0 Å². The standard InChI is InChI=1S/C16H21FN4O/c1-12-11-15(21-16(20-12)19-9-10-22-2)18-8-7-13-5-3-4-6-14(13)17/h3-6,11H,7-10H2,1-2H3,(H2,18,19,20,21). The van der Waals surface area contributed by atoms with Crippen molar-refractivity contribution in [2.24, 2.45) is 0 Å². The van der Waals surface area contributed by atoms with Crippen LogP contribution >= 0.6 is 0 Å². The third-order valence-electron chi connectivity index (χ3n) is 3.10. The van der Waals surface area contributed by atoms with E-state index in [-0.39, 0.29) is 5.82 Å². The van der Waals surface area contributed by atoms with E-state index in [9.17, 15) is 4.39 Å². The van der Waals surface area contributed by atoms with Gasteiger partial charge in [0.15, 0.2) is 0 Å². The Balaban J connectivity index is 1.90. The van der Waals surface area contributed by atoms with Crippen molar-refractivity contribution in [2.75, 3.05) is 37.4 Å². The molecule has 1 aromatic heterocycles. The molecule has 0 saturated heterocycles. The second-order valence-electron chi connectivity index (χ2n) is 4.91. The lowest BCUT2D eigenvalue weighted by molar-refractivity contribution is 0.210. The topological polar surface area (TPSA) is 59.1 Å². The maximum absolute atomic E-state index is 13.5. The van der Waals surface area contributed by atoms with Gasteiger partial charge in [0, 0.05) is 32.0 Å². The summed E-state index contributed by atoms with van der Waals surface area (Å²) < 4.78 is 18.5. The summed E-state index contributed by atoms with van der Waals surface area (Å²) in [5.74, 6) is 1.11. The number of methoxy groups -OCH3 is 1. The van der Waals surface area contributed by atoms with Crippen LogP contribution < -0.4 is 10.6 Å². The van der Waals surface area contributed by atoms with Crippen molar-refractivity contribution in [3.8, 4) is 0 Å². The molecule has 0 aliphatic rings. The maximum Gasteiger partial charge on any atom is 0.224 e. The fourth-order valence-electron chi connectivity index (χ4n) is 2.03. The molecule has 0 unspecified atom stereocenters. The number of hydrogen-bond donors (Lipinski definition) is 2. The first kappa shape index (κ1) is 16.2. The molecule has 0 saturated carbocycles. The Kier molecular flexibility index (Phi) is 6.09. The quantitative estimate of drug-likeness (QED) is 0.734. The van der Waals surface area contributed by atoms with Crippen molar-refractivity contribution >= 4 is 11.8 Å². The van der Waals surface area contributed by atoms with E-state index in [2.05, 4.69) is 20.6 Å². The zero-order valence-corrected chi connectivity index (χ0v) is 12.9. The van der Waals surface area contributed by atoms with Crippen LogP contribution in [0.5, 0.6) is 0 Å². The molecule has 6 heteroatoms. The fraction of sp³-hybridized carbons (Fsp3) is 0.375. The van der Waals surface area contributed by atoms with E-state index < -0.39 is 0 Å². The highest BCUT2D eigenvalue weighted by Crippen LogP contribution is 2.11. The maximum atomic E-state index is 13.5. The van der Waals surface area contributed by atoms with Gasteiger partial charge in [0.25, 0.3) is 0 Å². The van der Waals surface area contributed by atoms with E-state index >= 15 is 0 Å². The lowest BCUT2D eigenvalue weighted by Gasteiger charge is -2.10. The second-order valence-corrected chi connectivity index (χ2v) is 4.91. The molecule has 0 spiro atoms. The van der Waals surface area contributed by atoms with Gasteiger partial charge in [-0.2, -0.15) is 4.98 Å². The molecule has 0 aliphatic carbocycles. The molecule has 1 aromatic carbocycles. The molecule has 0 fully saturated rings. The molecule has 1 heterocycles. The van der Waals surface area contributed by atoms with Crippen LogP contribution in [-0.4, -0.2) is 36.8 Å². The van der Waals surface area contributed by atoms with E-state index in [4.69, 9.17) is 4.74 Å². The highest BCUT2D eigenvalue weighted by atomic mass is 19.1. The molecule has 2 aromatic rings. The van der Waals surface area contributed by atoms with Gasteiger partial charge in [0.05, 0.1) is 6.61 Å². The largest absolute Gasteiger partial charge is 0.383 e. The zero-order chi connectivity index (χ0) is 15.8. The molecule has 118 valence electrons. The van der Waals surface area contributed by atoms with Crippen LogP contribution in [0, 0.1) is 12.7 Å². The zero-order valence-electron chi connectivity index (χ0n) is 12.9. The van der Waals surface area contributed by atoms with Gasteiger partial charge in [0.2, 0.25) is 5.95 Å². The Hall–Kier alpha value is -2.21. The minimum absolute atomic E-state index is 0.176. The second kappa shape index (κ2) is 8.29.